The van der Waals surface area contributed by atoms with Gasteiger partial charge in [0.25, 0.3) is 0 Å². The lowest BCUT2D eigenvalue weighted by Crippen LogP contribution is -2.33. The first-order valence-corrected chi connectivity index (χ1v) is 7.92. The molecule has 0 bridgehead atoms. The fraction of sp³-hybridized carbons (Fsp3) is 0.211. The Bertz CT molecular complexity index is 770. The molecule has 2 aromatic rings. The summed E-state index contributed by atoms with van der Waals surface area (Å²) in [7, 11) is 0. The van der Waals surface area contributed by atoms with E-state index < -0.39 is 0 Å². The Morgan fingerprint density at radius 2 is 1.52 bits per heavy atom. The van der Waals surface area contributed by atoms with Crippen LogP contribution in [-0.4, -0.2) is 24.3 Å². The molecule has 2 aromatic carbocycles. The average molecular weight is 339 g/mol. The maximum absolute atomic E-state index is 11.9. The fourth-order valence-electron chi connectivity index (χ4n) is 2.29. The number of rotatable bonds is 6. The molecule has 2 rings (SSSR count). The zero-order valence-electron chi connectivity index (χ0n) is 14.3. The quantitative estimate of drug-likeness (QED) is 0.754. The second kappa shape index (κ2) is 8.63. The highest BCUT2D eigenvalue weighted by Crippen LogP contribution is 2.13. The summed E-state index contributed by atoms with van der Waals surface area (Å²) in [5, 5.41) is 7.93. The number of benzene rings is 2. The SMILES string of the molecule is CC(=O)Nc1ccc(NC(=O)CNC(=O)Cc2cccc(C)c2)cc1. The molecule has 0 aliphatic carbocycles. The maximum atomic E-state index is 11.9. The van der Waals surface area contributed by atoms with Crippen molar-refractivity contribution in [3.8, 4) is 0 Å². The monoisotopic (exact) mass is 339 g/mol. The van der Waals surface area contributed by atoms with Crippen molar-refractivity contribution in [1.82, 2.24) is 5.32 Å². The molecule has 25 heavy (non-hydrogen) atoms. The normalized spacial score (nSPS) is 10.0. The summed E-state index contributed by atoms with van der Waals surface area (Å²) < 4.78 is 0. The molecule has 0 saturated heterocycles. The molecule has 3 amide bonds. The van der Waals surface area contributed by atoms with E-state index in [-0.39, 0.29) is 30.7 Å². The van der Waals surface area contributed by atoms with E-state index in [9.17, 15) is 14.4 Å². The third-order valence-electron chi connectivity index (χ3n) is 3.38. The van der Waals surface area contributed by atoms with Crippen molar-refractivity contribution in [2.24, 2.45) is 0 Å². The first-order valence-electron chi connectivity index (χ1n) is 7.92. The molecule has 0 unspecified atom stereocenters. The molecule has 0 fully saturated rings. The molecule has 0 aliphatic heterocycles. The summed E-state index contributed by atoms with van der Waals surface area (Å²) >= 11 is 0. The van der Waals surface area contributed by atoms with Crippen LogP contribution in [0.4, 0.5) is 11.4 Å². The largest absolute Gasteiger partial charge is 0.347 e. The molecule has 0 radical (unpaired) electrons. The van der Waals surface area contributed by atoms with Crippen LogP contribution in [0.1, 0.15) is 18.1 Å². The van der Waals surface area contributed by atoms with Crippen LogP contribution < -0.4 is 16.0 Å². The van der Waals surface area contributed by atoms with Gasteiger partial charge in [0.05, 0.1) is 13.0 Å². The first kappa shape index (κ1) is 18.2. The lowest BCUT2D eigenvalue weighted by atomic mass is 10.1. The van der Waals surface area contributed by atoms with Gasteiger partial charge in [-0.25, -0.2) is 0 Å². The van der Waals surface area contributed by atoms with Gasteiger partial charge in [-0.2, -0.15) is 0 Å². The molecule has 6 heteroatoms. The molecule has 0 spiro atoms. The van der Waals surface area contributed by atoms with Crippen LogP contribution in [0.25, 0.3) is 0 Å². The van der Waals surface area contributed by atoms with Crippen molar-refractivity contribution in [2.75, 3.05) is 17.2 Å². The van der Waals surface area contributed by atoms with Crippen LogP contribution in [0.5, 0.6) is 0 Å². The van der Waals surface area contributed by atoms with Gasteiger partial charge in [-0.3, -0.25) is 14.4 Å². The third kappa shape index (κ3) is 6.47. The number of carbonyl (C=O) groups is 3. The molecule has 0 heterocycles. The van der Waals surface area contributed by atoms with Gasteiger partial charge in [-0.15, -0.1) is 0 Å². The Hall–Kier alpha value is -3.15. The molecule has 6 nitrogen and oxygen atoms in total. The standard InChI is InChI=1S/C19H21N3O3/c1-13-4-3-5-15(10-13)11-18(24)20-12-19(25)22-17-8-6-16(7-9-17)21-14(2)23/h3-10H,11-12H2,1-2H3,(H,20,24)(H,21,23)(H,22,25). The zero-order valence-corrected chi connectivity index (χ0v) is 14.3. The molecular formula is C19H21N3O3. The molecular weight excluding hydrogens is 318 g/mol. The number of carbonyl (C=O) groups excluding carboxylic acids is 3. The molecule has 130 valence electrons. The van der Waals surface area contributed by atoms with Crippen LogP contribution in [0.2, 0.25) is 0 Å². The lowest BCUT2D eigenvalue weighted by molar-refractivity contribution is -0.123. The van der Waals surface area contributed by atoms with E-state index in [0.717, 1.165) is 11.1 Å². The Morgan fingerprint density at radius 1 is 0.880 bits per heavy atom. The van der Waals surface area contributed by atoms with Crippen molar-refractivity contribution >= 4 is 29.1 Å². The summed E-state index contributed by atoms with van der Waals surface area (Å²) in [6, 6.07) is 14.4. The Kier molecular flexibility index (Phi) is 6.28. The van der Waals surface area contributed by atoms with Gasteiger partial charge in [0.1, 0.15) is 0 Å². The van der Waals surface area contributed by atoms with Crippen molar-refractivity contribution in [1.29, 1.82) is 0 Å². The topological polar surface area (TPSA) is 87.3 Å². The average Bonchev–Trinajstić information content (AvgIpc) is 2.54. The van der Waals surface area contributed by atoms with Gasteiger partial charge >= 0.3 is 0 Å². The Balaban J connectivity index is 1.78. The van der Waals surface area contributed by atoms with E-state index in [2.05, 4.69) is 16.0 Å². The van der Waals surface area contributed by atoms with Crippen LogP contribution in [0, 0.1) is 6.92 Å². The first-order chi connectivity index (χ1) is 11.9. The maximum Gasteiger partial charge on any atom is 0.243 e. The molecule has 0 saturated carbocycles. The number of nitrogens with one attached hydrogen (secondary N) is 3. The van der Waals surface area contributed by atoms with Crippen molar-refractivity contribution in [2.45, 2.75) is 20.3 Å². The highest BCUT2D eigenvalue weighted by atomic mass is 16.2. The predicted octanol–water partition coefficient (Wildman–Crippen LogP) is 2.25. The van der Waals surface area contributed by atoms with Crippen LogP contribution >= 0.6 is 0 Å². The van der Waals surface area contributed by atoms with Gasteiger partial charge in [-0.1, -0.05) is 29.8 Å². The van der Waals surface area contributed by atoms with Gasteiger partial charge in [0.15, 0.2) is 0 Å². The van der Waals surface area contributed by atoms with Gasteiger partial charge in [0, 0.05) is 18.3 Å². The summed E-state index contributed by atoms with van der Waals surface area (Å²) in [6.45, 7) is 3.29. The number of amides is 3. The second-order valence-electron chi connectivity index (χ2n) is 5.75. The Labute approximate surface area is 146 Å². The van der Waals surface area contributed by atoms with Gasteiger partial charge in [0.2, 0.25) is 17.7 Å². The minimum atomic E-state index is -0.315. The van der Waals surface area contributed by atoms with E-state index in [1.807, 2.05) is 31.2 Å². The molecule has 0 aliphatic rings. The minimum Gasteiger partial charge on any atom is -0.347 e. The predicted molar refractivity (Wildman–Crippen MR) is 97.3 cm³/mol. The number of anilines is 2. The van der Waals surface area contributed by atoms with E-state index in [1.54, 1.807) is 24.3 Å². The summed E-state index contributed by atoms with van der Waals surface area (Å²) in [6.07, 6.45) is 0.236. The smallest absolute Gasteiger partial charge is 0.243 e. The third-order valence-corrected chi connectivity index (χ3v) is 3.38. The number of aryl methyl sites for hydroxylation is 1. The van der Waals surface area contributed by atoms with E-state index in [4.69, 9.17) is 0 Å². The summed E-state index contributed by atoms with van der Waals surface area (Å²) in [5.41, 5.74) is 3.24. The number of hydrogen-bond acceptors (Lipinski definition) is 3. The van der Waals surface area contributed by atoms with Crippen LogP contribution in [0.15, 0.2) is 48.5 Å². The summed E-state index contributed by atoms with van der Waals surface area (Å²) in [4.78, 5) is 34.7. The molecule has 3 N–H and O–H groups in total. The highest BCUT2D eigenvalue weighted by molar-refractivity contribution is 5.95. The van der Waals surface area contributed by atoms with Gasteiger partial charge in [-0.05, 0) is 36.8 Å². The van der Waals surface area contributed by atoms with E-state index in [0.29, 0.717) is 11.4 Å². The summed E-state index contributed by atoms with van der Waals surface area (Å²) in [5.74, 6) is -0.681. The number of hydrogen-bond donors (Lipinski definition) is 3. The molecule has 0 atom stereocenters. The van der Waals surface area contributed by atoms with Gasteiger partial charge < -0.3 is 16.0 Å². The minimum absolute atomic E-state index is 0.0991. The van der Waals surface area contributed by atoms with Crippen LogP contribution in [0.3, 0.4) is 0 Å². The van der Waals surface area contributed by atoms with E-state index in [1.165, 1.54) is 6.92 Å². The molecule has 0 aromatic heterocycles. The highest BCUT2D eigenvalue weighted by Gasteiger charge is 2.07. The van der Waals surface area contributed by atoms with E-state index >= 15 is 0 Å². The van der Waals surface area contributed by atoms with Crippen molar-refractivity contribution in [3.63, 3.8) is 0 Å². The fourth-order valence-corrected chi connectivity index (χ4v) is 2.29. The van der Waals surface area contributed by atoms with Crippen LogP contribution in [-0.2, 0) is 20.8 Å². The van der Waals surface area contributed by atoms with Crippen molar-refractivity contribution in [3.05, 3.63) is 59.7 Å². The second-order valence-corrected chi connectivity index (χ2v) is 5.75. The Morgan fingerprint density at radius 3 is 2.12 bits per heavy atom. The van der Waals surface area contributed by atoms with Crippen molar-refractivity contribution < 1.29 is 14.4 Å². The zero-order chi connectivity index (χ0) is 18.2. The lowest BCUT2D eigenvalue weighted by Gasteiger charge is -2.08.